The second kappa shape index (κ2) is 6.37. The summed E-state index contributed by atoms with van der Waals surface area (Å²) in [6.45, 7) is 0. The highest BCUT2D eigenvalue weighted by atomic mass is 35.5. The number of benzene rings is 1. The molecule has 0 radical (unpaired) electrons. The standard InChI is InChI=1S/C13H9Cl3N6S/c14-7-2-1-6(9(15)10(7)16)11-8(5-19-21-12(17)18)22-3-4-23-13(22)20-11/h1-5H,(H4,17,18,21)/b19-5-. The van der Waals surface area contributed by atoms with Crippen LogP contribution in [-0.4, -0.2) is 21.6 Å². The van der Waals surface area contributed by atoms with Gasteiger partial charge in [-0.2, -0.15) is 5.10 Å². The molecular formula is C13H9Cl3N6S. The fourth-order valence-corrected chi connectivity index (χ4v) is 3.33. The van der Waals surface area contributed by atoms with Gasteiger partial charge in [0.2, 0.25) is 5.96 Å². The first-order valence-corrected chi connectivity index (χ1v) is 8.21. The summed E-state index contributed by atoms with van der Waals surface area (Å²) >= 11 is 19.9. The van der Waals surface area contributed by atoms with E-state index in [0.717, 1.165) is 4.96 Å². The lowest BCUT2D eigenvalue weighted by atomic mass is 10.1. The molecular weight excluding hydrogens is 379 g/mol. The van der Waals surface area contributed by atoms with Crippen molar-refractivity contribution in [3.63, 3.8) is 0 Å². The number of hydrogen-bond acceptors (Lipinski definition) is 4. The van der Waals surface area contributed by atoms with E-state index in [0.29, 0.717) is 27.0 Å². The number of fused-ring (bicyclic) bond motifs is 1. The molecule has 1 aromatic carbocycles. The smallest absolute Gasteiger partial charge is 0.211 e. The lowest BCUT2D eigenvalue weighted by Crippen LogP contribution is -2.21. The van der Waals surface area contributed by atoms with Crippen molar-refractivity contribution in [3.8, 4) is 11.3 Å². The van der Waals surface area contributed by atoms with Gasteiger partial charge in [0.05, 0.1) is 27.0 Å². The Morgan fingerprint density at radius 1 is 1.22 bits per heavy atom. The number of thiazole rings is 1. The molecule has 0 unspecified atom stereocenters. The van der Waals surface area contributed by atoms with E-state index in [1.54, 1.807) is 12.1 Å². The Kier molecular flexibility index (Phi) is 4.45. The van der Waals surface area contributed by atoms with Crippen molar-refractivity contribution in [3.05, 3.63) is 44.5 Å². The van der Waals surface area contributed by atoms with Gasteiger partial charge in [0.15, 0.2) is 4.96 Å². The number of aromatic nitrogens is 2. The molecule has 3 rings (SSSR count). The zero-order valence-electron chi connectivity index (χ0n) is 11.4. The molecule has 10 heteroatoms. The summed E-state index contributed by atoms with van der Waals surface area (Å²) in [7, 11) is 0. The maximum Gasteiger partial charge on any atom is 0.211 e. The molecule has 23 heavy (non-hydrogen) atoms. The van der Waals surface area contributed by atoms with Crippen molar-refractivity contribution in [1.29, 1.82) is 0 Å². The van der Waals surface area contributed by atoms with Crippen LogP contribution in [0.4, 0.5) is 0 Å². The largest absolute Gasteiger partial charge is 0.369 e. The maximum absolute atomic E-state index is 6.31. The van der Waals surface area contributed by atoms with E-state index in [1.807, 2.05) is 16.0 Å². The molecule has 0 atom stereocenters. The second-order valence-electron chi connectivity index (χ2n) is 4.39. The summed E-state index contributed by atoms with van der Waals surface area (Å²) < 4.78 is 1.85. The van der Waals surface area contributed by atoms with Crippen LogP contribution < -0.4 is 11.5 Å². The number of guanidine groups is 1. The highest BCUT2D eigenvalue weighted by Gasteiger charge is 2.18. The minimum atomic E-state index is -0.138. The van der Waals surface area contributed by atoms with Crippen LogP contribution in [0.15, 0.2) is 33.9 Å². The number of rotatable bonds is 3. The average Bonchev–Trinajstić information content (AvgIpc) is 3.07. The van der Waals surface area contributed by atoms with Crippen molar-refractivity contribution >= 4 is 63.3 Å². The molecule has 0 spiro atoms. The van der Waals surface area contributed by atoms with Gasteiger partial charge in [0.1, 0.15) is 5.69 Å². The molecule has 0 saturated carbocycles. The predicted octanol–water partition coefficient (Wildman–Crippen LogP) is 3.63. The van der Waals surface area contributed by atoms with Gasteiger partial charge in [-0.15, -0.1) is 16.4 Å². The molecule has 2 aromatic heterocycles. The van der Waals surface area contributed by atoms with Crippen molar-refractivity contribution in [2.75, 3.05) is 0 Å². The third kappa shape index (κ3) is 3.00. The molecule has 3 aromatic rings. The summed E-state index contributed by atoms with van der Waals surface area (Å²) in [4.78, 5) is 5.34. The molecule has 0 amide bonds. The number of nitrogens with two attached hydrogens (primary N) is 2. The van der Waals surface area contributed by atoms with Gasteiger partial charge >= 0.3 is 0 Å². The van der Waals surface area contributed by atoms with Crippen LogP contribution in [0.3, 0.4) is 0 Å². The summed E-state index contributed by atoms with van der Waals surface area (Å²) in [5, 5.41) is 10.3. The highest BCUT2D eigenvalue weighted by Crippen LogP contribution is 2.39. The topological polar surface area (TPSA) is 94.1 Å². The van der Waals surface area contributed by atoms with Gasteiger partial charge in [-0.3, -0.25) is 4.40 Å². The van der Waals surface area contributed by atoms with Gasteiger partial charge in [-0.25, -0.2) is 4.98 Å². The molecule has 2 heterocycles. The van der Waals surface area contributed by atoms with E-state index < -0.39 is 0 Å². The summed E-state index contributed by atoms with van der Waals surface area (Å²) in [6, 6.07) is 3.41. The first-order chi connectivity index (χ1) is 11.0. The van der Waals surface area contributed by atoms with Crippen LogP contribution in [-0.2, 0) is 0 Å². The van der Waals surface area contributed by atoms with Crippen molar-refractivity contribution in [2.24, 2.45) is 21.7 Å². The Morgan fingerprint density at radius 2 is 2.00 bits per heavy atom. The van der Waals surface area contributed by atoms with E-state index >= 15 is 0 Å². The van der Waals surface area contributed by atoms with E-state index in [-0.39, 0.29) is 11.0 Å². The fraction of sp³-hybridized carbons (Fsp3) is 0. The third-order valence-corrected chi connectivity index (χ3v) is 4.99. The molecule has 0 aliphatic carbocycles. The lowest BCUT2D eigenvalue weighted by molar-refractivity contribution is 1.18. The number of hydrogen-bond donors (Lipinski definition) is 2. The third-order valence-electron chi connectivity index (χ3n) is 2.94. The number of halogens is 3. The molecule has 0 fully saturated rings. The zero-order valence-corrected chi connectivity index (χ0v) is 14.5. The Morgan fingerprint density at radius 3 is 2.74 bits per heavy atom. The van der Waals surface area contributed by atoms with Gasteiger partial charge < -0.3 is 11.5 Å². The lowest BCUT2D eigenvalue weighted by Gasteiger charge is -2.06. The average molecular weight is 388 g/mol. The summed E-state index contributed by atoms with van der Waals surface area (Å²) in [6.07, 6.45) is 3.36. The highest BCUT2D eigenvalue weighted by molar-refractivity contribution is 7.15. The van der Waals surface area contributed by atoms with Gasteiger partial charge in [-0.05, 0) is 12.1 Å². The first kappa shape index (κ1) is 16.1. The molecule has 0 aliphatic rings. The minimum absolute atomic E-state index is 0.138. The molecule has 0 aliphatic heterocycles. The normalized spacial score (nSPS) is 11.4. The Labute approximate surface area is 150 Å². The van der Waals surface area contributed by atoms with Crippen LogP contribution in [0.25, 0.3) is 16.2 Å². The quantitative estimate of drug-likeness (QED) is 0.311. The van der Waals surface area contributed by atoms with E-state index in [9.17, 15) is 0 Å². The number of nitrogens with zero attached hydrogens (tertiary/aromatic N) is 4. The maximum atomic E-state index is 6.31. The van der Waals surface area contributed by atoms with Gasteiger partial charge in [0.25, 0.3) is 0 Å². The molecule has 6 nitrogen and oxygen atoms in total. The molecule has 4 N–H and O–H groups in total. The summed E-state index contributed by atoms with van der Waals surface area (Å²) in [5.74, 6) is -0.138. The SMILES string of the molecule is NC(N)=N/N=C\c1c(-c2ccc(Cl)c(Cl)c2Cl)nc2sccn12. The van der Waals surface area contributed by atoms with Crippen molar-refractivity contribution in [2.45, 2.75) is 0 Å². The van der Waals surface area contributed by atoms with Crippen LogP contribution in [0.5, 0.6) is 0 Å². The van der Waals surface area contributed by atoms with Crippen molar-refractivity contribution < 1.29 is 0 Å². The monoisotopic (exact) mass is 386 g/mol. The Hall–Kier alpha value is -1.80. The van der Waals surface area contributed by atoms with E-state index in [2.05, 4.69) is 15.2 Å². The zero-order chi connectivity index (χ0) is 16.6. The van der Waals surface area contributed by atoms with Gasteiger partial charge in [-0.1, -0.05) is 34.8 Å². The summed E-state index contributed by atoms with van der Waals surface area (Å²) in [5.41, 5.74) is 12.5. The molecule has 118 valence electrons. The van der Waals surface area contributed by atoms with Crippen LogP contribution in [0.1, 0.15) is 5.69 Å². The molecule has 0 bridgehead atoms. The van der Waals surface area contributed by atoms with Crippen LogP contribution in [0.2, 0.25) is 15.1 Å². The Balaban J connectivity index is 2.22. The van der Waals surface area contributed by atoms with Gasteiger partial charge in [0, 0.05) is 17.1 Å². The predicted molar refractivity (Wildman–Crippen MR) is 96.9 cm³/mol. The van der Waals surface area contributed by atoms with Crippen molar-refractivity contribution in [1.82, 2.24) is 9.38 Å². The minimum Gasteiger partial charge on any atom is -0.369 e. The number of imidazole rings is 1. The fourth-order valence-electron chi connectivity index (χ4n) is 1.98. The first-order valence-electron chi connectivity index (χ1n) is 6.20. The molecule has 0 saturated heterocycles. The second-order valence-corrected chi connectivity index (χ2v) is 6.43. The Bertz CT molecular complexity index is 939. The van der Waals surface area contributed by atoms with E-state index in [4.69, 9.17) is 46.3 Å². The van der Waals surface area contributed by atoms with Crippen LogP contribution >= 0.6 is 46.1 Å². The van der Waals surface area contributed by atoms with Crippen LogP contribution in [0, 0.1) is 0 Å². The van der Waals surface area contributed by atoms with E-state index in [1.165, 1.54) is 17.6 Å².